The molecule has 1 heterocycles. The SMILES string of the molecule is O=S1(=O)c2ccccc2[SH](c2ccc(F)c(F)c2)c2ccccc21. The zero-order valence-electron chi connectivity index (χ0n) is 12.3. The second kappa shape index (κ2) is 5.43. The Kier molecular flexibility index (Phi) is 3.47. The van der Waals surface area contributed by atoms with E-state index in [4.69, 9.17) is 0 Å². The van der Waals surface area contributed by atoms with Crippen LogP contribution in [0.3, 0.4) is 0 Å². The molecule has 0 atom stereocenters. The van der Waals surface area contributed by atoms with Crippen molar-refractivity contribution in [1.82, 2.24) is 0 Å². The third kappa shape index (κ3) is 2.17. The fourth-order valence-electron chi connectivity index (χ4n) is 2.89. The molecule has 0 aromatic heterocycles. The number of thiol groups is 1. The Morgan fingerprint density at radius 1 is 0.708 bits per heavy atom. The van der Waals surface area contributed by atoms with Crippen LogP contribution < -0.4 is 0 Å². The van der Waals surface area contributed by atoms with E-state index in [1.807, 2.05) is 0 Å². The maximum Gasteiger partial charge on any atom is 0.208 e. The summed E-state index contributed by atoms with van der Waals surface area (Å²) in [4.78, 5) is 2.33. The summed E-state index contributed by atoms with van der Waals surface area (Å²) in [7, 11) is -4.88. The molecule has 1 aliphatic heterocycles. The van der Waals surface area contributed by atoms with Gasteiger partial charge in [0.2, 0.25) is 9.84 Å². The van der Waals surface area contributed by atoms with Gasteiger partial charge in [0.05, 0.1) is 9.79 Å². The molecule has 0 fully saturated rings. The third-order valence-corrected chi connectivity index (χ3v) is 8.66. The molecule has 4 rings (SSSR count). The molecule has 0 bridgehead atoms. The summed E-state index contributed by atoms with van der Waals surface area (Å²) in [6, 6.07) is 17.3. The van der Waals surface area contributed by atoms with E-state index < -0.39 is 32.4 Å². The highest BCUT2D eigenvalue weighted by Gasteiger charge is 2.34. The first-order valence-electron chi connectivity index (χ1n) is 7.18. The molecule has 0 unspecified atom stereocenters. The molecule has 6 heteroatoms. The van der Waals surface area contributed by atoms with E-state index in [0.717, 1.165) is 12.1 Å². The van der Waals surface area contributed by atoms with E-state index in [0.29, 0.717) is 14.7 Å². The zero-order chi connectivity index (χ0) is 16.9. The highest BCUT2D eigenvalue weighted by molar-refractivity contribution is 8.18. The predicted molar refractivity (Wildman–Crippen MR) is 88.5 cm³/mol. The first-order chi connectivity index (χ1) is 11.5. The number of benzene rings is 3. The van der Waals surface area contributed by atoms with Crippen molar-refractivity contribution in [2.45, 2.75) is 24.5 Å². The Hall–Kier alpha value is -2.18. The van der Waals surface area contributed by atoms with Crippen molar-refractivity contribution in [3.05, 3.63) is 78.4 Å². The van der Waals surface area contributed by atoms with Gasteiger partial charge >= 0.3 is 0 Å². The van der Waals surface area contributed by atoms with Crippen molar-refractivity contribution in [3.8, 4) is 0 Å². The second-order valence-electron chi connectivity index (χ2n) is 5.37. The van der Waals surface area contributed by atoms with Crippen LogP contribution in [-0.2, 0) is 9.84 Å². The number of halogens is 2. The molecule has 3 aromatic carbocycles. The summed E-state index contributed by atoms with van der Waals surface area (Å²) in [5.74, 6) is -1.85. The van der Waals surface area contributed by atoms with Gasteiger partial charge in [0, 0.05) is 9.79 Å². The van der Waals surface area contributed by atoms with Gasteiger partial charge < -0.3 is 0 Å². The molecule has 0 saturated carbocycles. The maximum atomic E-state index is 13.8. The molecule has 24 heavy (non-hydrogen) atoms. The normalized spacial score (nSPS) is 16.3. The van der Waals surface area contributed by atoms with E-state index in [1.165, 1.54) is 6.07 Å². The average Bonchev–Trinajstić information content (AvgIpc) is 2.58. The molecule has 0 aliphatic carbocycles. The van der Waals surface area contributed by atoms with Crippen LogP contribution in [0.2, 0.25) is 0 Å². The van der Waals surface area contributed by atoms with Crippen LogP contribution in [0.15, 0.2) is 91.2 Å². The highest BCUT2D eigenvalue weighted by atomic mass is 32.2. The summed E-state index contributed by atoms with van der Waals surface area (Å²) in [6.45, 7) is 0. The Morgan fingerprint density at radius 2 is 1.25 bits per heavy atom. The molecule has 122 valence electrons. The topological polar surface area (TPSA) is 34.1 Å². The van der Waals surface area contributed by atoms with Crippen molar-refractivity contribution < 1.29 is 17.2 Å². The number of rotatable bonds is 1. The molecule has 1 aliphatic rings. The quantitative estimate of drug-likeness (QED) is 0.503. The van der Waals surface area contributed by atoms with Crippen LogP contribution in [0.4, 0.5) is 8.78 Å². The van der Waals surface area contributed by atoms with Crippen LogP contribution in [-0.4, -0.2) is 8.42 Å². The summed E-state index contributed by atoms with van der Waals surface area (Å²) >= 11 is 0. The lowest BCUT2D eigenvalue weighted by atomic mass is 10.3. The molecule has 2 nitrogen and oxygen atoms in total. The molecule has 0 spiro atoms. The number of sulfone groups is 1. The van der Waals surface area contributed by atoms with Crippen LogP contribution in [0.1, 0.15) is 0 Å². The zero-order valence-corrected chi connectivity index (χ0v) is 14.0. The van der Waals surface area contributed by atoms with Crippen LogP contribution >= 0.6 is 10.9 Å². The lowest BCUT2D eigenvalue weighted by Crippen LogP contribution is -2.12. The summed E-state index contributed by atoms with van der Waals surface area (Å²) in [5.41, 5.74) is 0. The van der Waals surface area contributed by atoms with Gasteiger partial charge in [-0.15, -0.1) is 0 Å². The van der Waals surface area contributed by atoms with Crippen molar-refractivity contribution >= 4 is 20.7 Å². The van der Waals surface area contributed by atoms with E-state index in [1.54, 1.807) is 48.5 Å². The monoisotopic (exact) mass is 362 g/mol. The highest BCUT2D eigenvalue weighted by Crippen LogP contribution is 2.59. The van der Waals surface area contributed by atoms with Gasteiger partial charge in [-0.25, -0.2) is 17.2 Å². The van der Waals surface area contributed by atoms with Crippen LogP contribution in [0, 0.1) is 11.6 Å². The van der Waals surface area contributed by atoms with E-state index in [2.05, 4.69) is 0 Å². The van der Waals surface area contributed by atoms with Gasteiger partial charge in [0.25, 0.3) is 0 Å². The predicted octanol–water partition coefficient (Wildman–Crippen LogP) is 4.59. The molecule has 0 radical (unpaired) electrons. The first kappa shape index (κ1) is 15.4. The fourth-order valence-corrected chi connectivity index (χ4v) is 7.94. The number of hydrogen-bond donors (Lipinski definition) is 1. The number of fused-ring (bicyclic) bond motifs is 2. The van der Waals surface area contributed by atoms with Gasteiger partial charge in [-0.2, -0.15) is 10.9 Å². The number of hydrogen-bond acceptors (Lipinski definition) is 2. The van der Waals surface area contributed by atoms with Gasteiger partial charge in [0.1, 0.15) is 0 Å². The van der Waals surface area contributed by atoms with E-state index in [9.17, 15) is 17.2 Å². The Balaban J connectivity index is 2.07. The lowest BCUT2D eigenvalue weighted by molar-refractivity contribution is 0.506. The molecule has 3 aromatic rings. The second-order valence-corrected chi connectivity index (χ2v) is 9.41. The van der Waals surface area contributed by atoms with Gasteiger partial charge in [0.15, 0.2) is 11.6 Å². The van der Waals surface area contributed by atoms with Crippen molar-refractivity contribution in [2.75, 3.05) is 0 Å². The first-order valence-corrected chi connectivity index (χ1v) is 10.0. The van der Waals surface area contributed by atoms with Gasteiger partial charge in [-0.05, 0) is 47.4 Å². The molecular weight excluding hydrogens is 350 g/mol. The fraction of sp³-hybridized carbons (Fsp3) is 0. The molecular formula is C18H12F2O2S2. The molecule has 0 amide bonds. The summed E-state index contributed by atoms with van der Waals surface area (Å²) < 4.78 is 52.8. The Bertz CT molecular complexity index is 1010. The van der Waals surface area contributed by atoms with Gasteiger partial charge in [-0.1, -0.05) is 24.3 Å². The standard InChI is InChI=1S/C18H12F2O2S2/c19-13-10-9-12(11-14(13)20)23-15-5-1-3-7-17(15)24(21,22)18-8-4-2-6-16(18)23/h1-11,23H. The minimum absolute atomic E-state index is 0.236. The van der Waals surface area contributed by atoms with Crippen LogP contribution in [0.5, 0.6) is 0 Å². The van der Waals surface area contributed by atoms with Gasteiger partial charge in [-0.3, -0.25) is 0 Å². The Labute approximate surface area is 141 Å². The lowest BCUT2D eigenvalue weighted by Gasteiger charge is -2.31. The maximum absolute atomic E-state index is 13.8. The van der Waals surface area contributed by atoms with E-state index in [-0.39, 0.29) is 9.79 Å². The van der Waals surface area contributed by atoms with Crippen molar-refractivity contribution in [3.63, 3.8) is 0 Å². The van der Waals surface area contributed by atoms with Crippen molar-refractivity contribution in [2.24, 2.45) is 0 Å². The minimum atomic E-state index is -3.61. The smallest absolute Gasteiger partial charge is 0.208 e. The third-order valence-electron chi connectivity index (χ3n) is 3.95. The largest absolute Gasteiger partial charge is 0.218 e. The molecule has 0 saturated heterocycles. The molecule has 0 N–H and O–H groups in total. The average molecular weight is 362 g/mol. The summed E-state index contributed by atoms with van der Waals surface area (Å²) in [6.07, 6.45) is 0. The Morgan fingerprint density at radius 3 is 1.79 bits per heavy atom. The van der Waals surface area contributed by atoms with Crippen molar-refractivity contribution in [1.29, 1.82) is 0 Å². The van der Waals surface area contributed by atoms with E-state index >= 15 is 0 Å². The summed E-state index contributed by atoms with van der Waals surface area (Å²) in [5, 5.41) is 0. The minimum Gasteiger partial charge on any atom is -0.218 e. The van der Waals surface area contributed by atoms with Crippen LogP contribution in [0.25, 0.3) is 0 Å².